The first-order valence-corrected chi connectivity index (χ1v) is 13.5. The predicted octanol–water partition coefficient (Wildman–Crippen LogP) is 7.50. The molecule has 0 radical (unpaired) electrons. The molecule has 1 aliphatic heterocycles. The molecule has 1 aliphatic carbocycles. The molecule has 0 bridgehead atoms. The molecule has 0 N–H and O–H groups in total. The first-order valence-electron chi connectivity index (χ1n) is 13.5. The SMILES string of the molecule is CC1(C)OB(c2ccc3c(c2)-c2cc4ccccc4cc2C3(c2ccccc2)c2ccccc2)OC1(C)C. The van der Waals surface area contributed by atoms with Crippen LogP contribution in [0.4, 0.5) is 0 Å². The van der Waals surface area contributed by atoms with E-state index in [-0.39, 0.29) is 11.2 Å². The van der Waals surface area contributed by atoms with Crippen LogP contribution >= 0.6 is 0 Å². The molecule has 0 amide bonds. The fourth-order valence-electron chi connectivity index (χ4n) is 6.32. The maximum absolute atomic E-state index is 6.47. The largest absolute Gasteiger partial charge is 0.494 e. The summed E-state index contributed by atoms with van der Waals surface area (Å²) in [5.74, 6) is 0. The van der Waals surface area contributed by atoms with Gasteiger partial charge >= 0.3 is 7.12 Å². The molecule has 7 rings (SSSR count). The Bertz CT molecular complexity index is 1620. The Balaban J connectivity index is 1.54. The standard InChI is InChI=1S/C35H31BO2/c1-33(2)34(3,4)38-36(37-33)28-19-20-31-30(23-28)29-21-24-13-11-12-14-25(24)22-32(29)35(31,26-15-7-5-8-16-26)27-17-9-6-10-18-27/h5-23H,1-4H3. The fraction of sp³-hybridized carbons (Fsp3) is 0.200. The number of benzene rings is 5. The lowest BCUT2D eigenvalue weighted by Gasteiger charge is -2.34. The second-order valence-electron chi connectivity index (χ2n) is 11.6. The average Bonchev–Trinajstić information content (AvgIpc) is 3.34. The number of hydrogen-bond acceptors (Lipinski definition) is 2. The van der Waals surface area contributed by atoms with E-state index in [1.807, 2.05) is 0 Å². The molecule has 0 atom stereocenters. The molecule has 2 nitrogen and oxygen atoms in total. The summed E-state index contributed by atoms with van der Waals surface area (Å²) < 4.78 is 12.9. The summed E-state index contributed by atoms with van der Waals surface area (Å²) in [5.41, 5.74) is 7.51. The normalized spacial score (nSPS) is 18.4. The van der Waals surface area contributed by atoms with E-state index in [0.717, 1.165) is 5.46 Å². The number of rotatable bonds is 3. The molecule has 2 aliphatic rings. The molecule has 1 fully saturated rings. The zero-order chi connectivity index (χ0) is 26.1. The minimum Gasteiger partial charge on any atom is -0.399 e. The van der Waals surface area contributed by atoms with Gasteiger partial charge in [0, 0.05) is 0 Å². The molecule has 0 saturated carbocycles. The van der Waals surface area contributed by atoms with E-state index in [4.69, 9.17) is 9.31 Å². The van der Waals surface area contributed by atoms with Crippen molar-refractivity contribution in [3.05, 3.63) is 138 Å². The van der Waals surface area contributed by atoms with Crippen LogP contribution in [0.25, 0.3) is 21.9 Å². The highest BCUT2D eigenvalue weighted by Crippen LogP contribution is 2.56. The second kappa shape index (κ2) is 8.17. The van der Waals surface area contributed by atoms with Crippen molar-refractivity contribution in [3.8, 4) is 11.1 Å². The lowest BCUT2D eigenvalue weighted by Crippen LogP contribution is -2.41. The van der Waals surface area contributed by atoms with Gasteiger partial charge in [0.15, 0.2) is 0 Å². The van der Waals surface area contributed by atoms with Gasteiger partial charge in [-0.1, -0.05) is 103 Å². The number of hydrogen-bond donors (Lipinski definition) is 0. The molecule has 0 unspecified atom stereocenters. The molecule has 38 heavy (non-hydrogen) atoms. The minimum atomic E-state index is -0.425. The van der Waals surface area contributed by atoms with Crippen molar-refractivity contribution in [3.63, 3.8) is 0 Å². The van der Waals surface area contributed by atoms with Gasteiger partial charge < -0.3 is 9.31 Å². The van der Waals surface area contributed by atoms with Crippen molar-refractivity contribution in [1.29, 1.82) is 0 Å². The van der Waals surface area contributed by atoms with E-state index in [2.05, 4.69) is 143 Å². The summed E-state index contributed by atoms with van der Waals surface area (Å²) in [7, 11) is -0.405. The average molecular weight is 494 g/mol. The fourth-order valence-corrected chi connectivity index (χ4v) is 6.32. The molecule has 1 saturated heterocycles. The van der Waals surface area contributed by atoms with Crippen molar-refractivity contribution in [2.75, 3.05) is 0 Å². The second-order valence-corrected chi connectivity index (χ2v) is 11.6. The Morgan fingerprint density at radius 2 is 1.00 bits per heavy atom. The minimum absolute atomic E-state index is 0.386. The summed E-state index contributed by atoms with van der Waals surface area (Å²) in [4.78, 5) is 0. The highest BCUT2D eigenvalue weighted by atomic mass is 16.7. The van der Waals surface area contributed by atoms with Crippen LogP contribution in [0.3, 0.4) is 0 Å². The molecular weight excluding hydrogens is 463 g/mol. The van der Waals surface area contributed by atoms with Gasteiger partial charge in [-0.3, -0.25) is 0 Å². The third kappa shape index (κ3) is 3.22. The van der Waals surface area contributed by atoms with Crippen LogP contribution in [0.15, 0.2) is 115 Å². The summed E-state index contributed by atoms with van der Waals surface area (Å²) in [6, 6.07) is 42.1. The van der Waals surface area contributed by atoms with Crippen molar-refractivity contribution in [2.45, 2.75) is 44.3 Å². The maximum Gasteiger partial charge on any atom is 0.494 e. The van der Waals surface area contributed by atoms with Gasteiger partial charge in [-0.15, -0.1) is 0 Å². The predicted molar refractivity (Wildman–Crippen MR) is 157 cm³/mol. The third-order valence-corrected chi connectivity index (χ3v) is 8.97. The van der Waals surface area contributed by atoms with E-state index in [0.29, 0.717) is 0 Å². The summed E-state index contributed by atoms with van der Waals surface area (Å²) in [5, 5.41) is 2.50. The van der Waals surface area contributed by atoms with Crippen LogP contribution in [-0.4, -0.2) is 18.3 Å². The van der Waals surface area contributed by atoms with Crippen LogP contribution in [-0.2, 0) is 14.7 Å². The zero-order valence-electron chi connectivity index (χ0n) is 22.4. The maximum atomic E-state index is 6.47. The van der Waals surface area contributed by atoms with Crippen molar-refractivity contribution in [2.24, 2.45) is 0 Å². The van der Waals surface area contributed by atoms with Gasteiger partial charge in [0.1, 0.15) is 0 Å². The smallest absolute Gasteiger partial charge is 0.399 e. The van der Waals surface area contributed by atoms with E-state index in [1.165, 1.54) is 44.2 Å². The van der Waals surface area contributed by atoms with Gasteiger partial charge in [0.05, 0.1) is 16.6 Å². The first kappa shape index (κ1) is 23.5. The topological polar surface area (TPSA) is 18.5 Å². The van der Waals surface area contributed by atoms with Gasteiger partial charge in [-0.05, 0) is 89.4 Å². The van der Waals surface area contributed by atoms with Crippen molar-refractivity contribution in [1.82, 2.24) is 0 Å². The molecule has 0 spiro atoms. The van der Waals surface area contributed by atoms with Gasteiger partial charge in [-0.25, -0.2) is 0 Å². The summed E-state index contributed by atoms with van der Waals surface area (Å²) in [6.45, 7) is 8.44. The Hall–Kier alpha value is -3.66. The molecule has 3 heteroatoms. The molecule has 0 aromatic heterocycles. The van der Waals surface area contributed by atoms with Crippen molar-refractivity contribution >= 4 is 23.4 Å². The molecule has 5 aromatic carbocycles. The van der Waals surface area contributed by atoms with Crippen LogP contribution in [0.5, 0.6) is 0 Å². The monoisotopic (exact) mass is 494 g/mol. The Morgan fingerprint density at radius 1 is 0.500 bits per heavy atom. The summed E-state index contributed by atoms with van der Waals surface area (Å²) >= 11 is 0. The van der Waals surface area contributed by atoms with Crippen LogP contribution in [0, 0.1) is 0 Å². The van der Waals surface area contributed by atoms with Crippen LogP contribution in [0.2, 0.25) is 0 Å². The summed E-state index contributed by atoms with van der Waals surface area (Å²) in [6.07, 6.45) is 0. The Labute approximate surface area is 225 Å². The van der Waals surface area contributed by atoms with E-state index in [1.54, 1.807) is 0 Å². The van der Waals surface area contributed by atoms with Crippen LogP contribution < -0.4 is 5.46 Å². The first-order chi connectivity index (χ1) is 18.3. The lowest BCUT2D eigenvalue weighted by molar-refractivity contribution is 0.00578. The van der Waals surface area contributed by atoms with E-state index >= 15 is 0 Å². The van der Waals surface area contributed by atoms with Crippen molar-refractivity contribution < 1.29 is 9.31 Å². The highest BCUT2D eigenvalue weighted by Gasteiger charge is 2.52. The Morgan fingerprint density at radius 3 is 1.58 bits per heavy atom. The van der Waals surface area contributed by atoms with Gasteiger partial charge in [-0.2, -0.15) is 0 Å². The van der Waals surface area contributed by atoms with Gasteiger partial charge in [0.2, 0.25) is 0 Å². The molecule has 1 heterocycles. The quantitative estimate of drug-likeness (QED) is 0.237. The van der Waals surface area contributed by atoms with Crippen LogP contribution in [0.1, 0.15) is 49.9 Å². The Kier molecular flexibility index (Phi) is 5.04. The lowest BCUT2D eigenvalue weighted by atomic mass is 9.67. The zero-order valence-corrected chi connectivity index (χ0v) is 22.4. The van der Waals surface area contributed by atoms with E-state index < -0.39 is 12.5 Å². The molecule has 186 valence electrons. The van der Waals surface area contributed by atoms with E-state index in [9.17, 15) is 0 Å². The third-order valence-electron chi connectivity index (χ3n) is 8.97. The number of fused-ring (bicyclic) bond motifs is 4. The molecular formula is C35H31BO2. The van der Waals surface area contributed by atoms with Gasteiger partial charge in [0.25, 0.3) is 0 Å². The highest BCUT2D eigenvalue weighted by molar-refractivity contribution is 6.62. The molecule has 5 aromatic rings.